The summed E-state index contributed by atoms with van der Waals surface area (Å²) in [5.74, 6) is 1.62. The largest absolute Gasteiger partial charge is 0.497 e. The number of benzene rings is 3. The quantitative estimate of drug-likeness (QED) is 0.244. The second kappa shape index (κ2) is 9.48. The molecule has 0 saturated carbocycles. The Labute approximate surface area is 198 Å². The summed E-state index contributed by atoms with van der Waals surface area (Å²) in [4.78, 5) is 22.4. The molecule has 7 nitrogen and oxygen atoms in total. The number of nitrogens with zero attached hydrogens (tertiary/aromatic N) is 4. The van der Waals surface area contributed by atoms with Crippen molar-refractivity contribution < 1.29 is 13.7 Å². The van der Waals surface area contributed by atoms with Gasteiger partial charge < -0.3 is 9.26 Å². The first kappa shape index (κ1) is 21.8. The fraction of sp³-hybridized carbons (Fsp3) is 0.120. The molecule has 0 N–H and O–H groups in total. The maximum atomic E-state index is 13.3. The highest BCUT2D eigenvalue weighted by Crippen LogP contribution is 2.25. The molecule has 0 unspecified atom stereocenters. The Bertz CT molecular complexity index is 1500. The molecule has 0 fully saturated rings. The van der Waals surface area contributed by atoms with Gasteiger partial charge in [0.1, 0.15) is 11.6 Å². The maximum Gasteiger partial charge on any atom is 0.262 e. The molecule has 0 radical (unpaired) electrons. The van der Waals surface area contributed by atoms with E-state index in [0.717, 1.165) is 16.9 Å². The molecule has 0 bridgehead atoms. The molecule has 0 amide bonds. The van der Waals surface area contributed by atoms with Gasteiger partial charge in [-0.25, -0.2) is 9.37 Å². The van der Waals surface area contributed by atoms with Crippen molar-refractivity contribution in [3.8, 4) is 17.1 Å². The highest BCUT2D eigenvalue weighted by atomic mass is 32.2. The molecule has 0 atom stereocenters. The van der Waals surface area contributed by atoms with Gasteiger partial charge >= 0.3 is 0 Å². The molecule has 34 heavy (non-hydrogen) atoms. The van der Waals surface area contributed by atoms with Gasteiger partial charge in [0.15, 0.2) is 5.16 Å². The molecular formula is C25H19FN4O3S. The molecule has 0 aliphatic heterocycles. The standard InChI is InChI=1S/C25H19FN4O3S/c1-32-19-12-8-17(9-13-19)23-28-22(33-29-23)15-34-25-27-21-5-3-2-4-20(21)24(31)30(25)14-16-6-10-18(26)11-7-16/h2-13H,14-15H2,1H3. The van der Waals surface area contributed by atoms with Gasteiger partial charge in [-0.2, -0.15) is 4.98 Å². The lowest BCUT2D eigenvalue weighted by atomic mass is 10.2. The number of rotatable bonds is 7. The minimum Gasteiger partial charge on any atom is -0.497 e. The molecule has 2 heterocycles. The van der Waals surface area contributed by atoms with Gasteiger partial charge in [-0.05, 0) is 54.1 Å². The number of para-hydroxylation sites is 1. The fourth-order valence-electron chi connectivity index (χ4n) is 3.47. The van der Waals surface area contributed by atoms with Crippen LogP contribution in [-0.4, -0.2) is 26.8 Å². The highest BCUT2D eigenvalue weighted by molar-refractivity contribution is 7.98. The Morgan fingerprint density at radius 2 is 1.76 bits per heavy atom. The normalized spacial score (nSPS) is 11.1. The molecular weight excluding hydrogens is 455 g/mol. The molecule has 9 heteroatoms. The molecule has 5 aromatic rings. The molecule has 0 aliphatic carbocycles. The number of fused-ring (bicyclic) bond motifs is 1. The summed E-state index contributed by atoms with van der Waals surface area (Å²) in [6.45, 7) is 0.264. The summed E-state index contributed by atoms with van der Waals surface area (Å²) >= 11 is 1.33. The summed E-state index contributed by atoms with van der Waals surface area (Å²) in [5, 5.41) is 5.09. The average Bonchev–Trinajstić information content (AvgIpc) is 3.35. The average molecular weight is 475 g/mol. The Morgan fingerprint density at radius 1 is 1.00 bits per heavy atom. The third-order valence-electron chi connectivity index (χ3n) is 5.22. The second-order valence-corrected chi connectivity index (χ2v) is 8.40. The van der Waals surface area contributed by atoms with E-state index in [9.17, 15) is 9.18 Å². The van der Waals surface area contributed by atoms with Crippen molar-refractivity contribution >= 4 is 22.7 Å². The van der Waals surface area contributed by atoms with Crippen LogP contribution in [0.25, 0.3) is 22.3 Å². The van der Waals surface area contributed by atoms with Crippen molar-refractivity contribution in [1.29, 1.82) is 0 Å². The van der Waals surface area contributed by atoms with Crippen LogP contribution in [0.4, 0.5) is 4.39 Å². The Kier molecular flexibility index (Phi) is 6.09. The Morgan fingerprint density at radius 3 is 2.53 bits per heavy atom. The van der Waals surface area contributed by atoms with Gasteiger partial charge in [0, 0.05) is 5.56 Å². The molecule has 0 spiro atoms. The Balaban J connectivity index is 1.43. The summed E-state index contributed by atoms with van der Waals surface area (Å²) in [6, 6.07) is 20.6. The van der Waals surface area contributed by atoms with E-state index in [2.05, 4.69) is 10.1 Å². The topological polar surface area (TPSA) is 83.0 Å². The van der Waals surface area contributed by atoms with Crippen LogP contribution in [0.5, 0.6) is 5.75 Å². The van der Waals surface area contributed by atoms with Gasteiger partial charge in [-0.3, -0.25) is 9.36 Å². The molecule has 2 aromatic heterocycles. The van der Waals surface area contributed by atoms with Gasteiger partial charge in [0.05, 0.1) is 30.3 Å². The van der Waals surface area contributed by atoms with Crippen molar-refractivity contribution in [3.05, 3.63) is 100 Å². The number of hydrogen-bond donors (Lipinski definition) is 0. The van der Waals surface area contributed by atoms with Crippen molar-refractivity contribution in [2.75, 3.05) is 7.11 Å². The lowest BCUT2D eigenvalue weighted by molar-refractivity contribution is 0.391. The van der Waals surface area contributed by atoms with Crippen LogP contribution in [0.1, 0.15) is 11.5 Å². The zero-order valence-electron chi connectivity index (χ0n) is 18.1. The van der Waals surface area contributed by atoms with Crippen molar-refractivity contribution in [3.63, 3.8) is 0 Å². The first-order chi connectivity index (χ1) is 16.6. The number of thioether (sulfide) groups is 1. The van der Waals surface area contributed by atoms with Gasteiger partial charge in [-0.1, -0.05) is 41.2 Å². The van der Waals surface area contributed by atoms with Crippen LogP contribution >= 0.6 is 11.8 Å². The SMILES string of the molecule is COc1ccc(-c2noc(CSc3nc4ccccc4c(=O)n3Cc3ccc(F)cc3)n2)cc1. The Hall–Kier alpha value is -3.98. The predicted octanol–water partition coefficient (Wildman–Crippen LogP) is 4.93. The van der Waals surface area contributed by atoms with E-state index < -0.39 is 0 Å². The van der Waals surface area contributed by atoms with Crippen LogP contribution in [-0.2, 0) is 12.3 Å². The van der Waals surface area contributed by atoms with Crippen LogP contribution in [0.2, 0.25) is 0 Å². The van der Waals surface area contributed by atoms with Gasteiger partial charge in [-0.15, -0.1) is 0 Å². The van der Waals surface area contributed by atoms with E-state index in [1.165, 1.54) is 23.9 Å². The summed E-state index contributed by atoms with van der Waals surface area (Å²) in [5.41, 5.74) is 2.04. The number of methoxy groups -OCH3 is 1. The number of halogens is 1. The first-order valence-electron chi connectivity index (χ1n) is 10.4. The van der Waals surface area contributed by atoms with Crippen LogP contribution in [0.15, 0.2) is 87.3 Å². The number of ether oxygens (including phenoxy) is 1. The highest BCUT2D eigenvalue weighted by Gasteiger charge is 2.15. The molecule has 0 saturated heterocycles. The molecule has 170 valence electrons. The van der Waals surface area contributed by atoms with E-state index in [4.69, 9.17) is 14.2 Å². The van der Waals surface area contributed by atoms with E-state index >= 15 is 0 Å². The van der Waals surface area contributed by atoms with Crippen molar-refractivity contribution in [2.45, 2.75) is 17.5 Å². The van der Waals surface area contributed by atoms with Crippen LogP contribution < -0.4 is 10.3 Å². The minimum atomic E-state index is -0.327. The summed E-state index contributed by atoms with van der Waals surface area (Å²) < 4.78 is 25.5. The zero-order chi connectivity index (χ0) is 23.5. The monoisotopic (exact) mass is 474 g/mol. The van der Waals surface area contributed by atoms with Crippen LogP contribution in [0, 0.1) is 5.82 Å². The zero-order valence-corrected chi connectivity index (χ0v) is 19.0. The van der Waals surface area contributed by atoms with Gasteiger partial charge in [0.2, 0.25) is 11.7 Å². The first-order valence-corrected chi connectivity index (χ1v) is 11.4. The smallest absolute Gasteiger partial charge is 0.262 e. The van der Waals surface area contributed by atoms with E-state index in [1.807, 2.05) is 30.3 Å². The van der Waals surface area contributed by atoms with E-state index in [1.54, 1.807) is 42.0 Å². The predicted molar refractivity (Wildman–Crippen MR) is 127 cm³/mol. The molecule has 0 aliphatic rings. The third kappa shape index (κ3) is 4.55. The molecule has 5 rings (SSSR count). The lowest BCUT2D eigenvalue weighted by Crippen LogP contribution is -2.24. The van der Waals surface area contributed by atoms with Crippen LogP contribution in [0.3, 0.4) is 0 Å². The maximum absolute atomic E-state index is 13.3. The summed E-state index contributed by atoms with van der Waals surface area (Å²) in [7, 11) is 1.61. The van der Waals surface area contributed by atoms with E-state index in [-0.39, 0.29) is 17.9 Å². The second-order valence-electron chi connectivity index (χ2n) is 7.46. The number of aromatic nitrogens is 4. The molecule has 3 aromatic carbocycles. The van der Waals surface area contributed by atoms with E-state index in [0.29, 0.717) is 33.5 Å². The van der Waals surface area contributed by atoms with Crippen molar-refractivity contribution in [2.24, 2.45) is 0 Å². The van der Waals surface area contributed by atoms with Gasteiger partial charge in [0.25, 0.3) is 5.56 Å². The fourth-order valence-corrected chi connectivity index (χ4v) is 4.30. The lowest BCUT2D eigenvalue weighted by Gasteiger charge is -2.12. The van der Waals surface area contributed by atoms with Crippen molar-refractivity contribution in [1.82, 2.24) is 19.7 Å². The third-order valence-corrected chi connectivity index (χ3v) is 6.18. The number of hydrogen-bond acceptors (Lipinski definition) is 7. The summed E-state index contributed by atoms with van der Waals surface area (Å²) in [6.07, 6.45) is 0. The minimum absolute atomic E-state index is 0.165.